The van der Waals surface area contributed by atoms with E-state index in [1.165, 1.54) is 41.9 Å². The Morgan fingerprint density at radius 3 is 1.85 bits per heavy atom. The van der Waals surface area contributed by atoms with E-state index < -0.39 is 53.4 Å². The SMILES string of the molecule is COC(=O)[C@H](Cn1cc(COC(=O)c2ccccc2-c2c3ccc(=O)cc-3oc3cc(OCc4cn(C[C@H](NC(=O)OC(C)(C)C)C(=O)OC)nn4)ccc23)nn1)NC(=O)OC(C)(C)C. The fourth-order valence-corrected chi connectivity index (χ4v) is 6.39. The zero-order valence-electron chi connectivity index (χ0n) is 36.9. The number of benzene rings is 3. The molecule has 65 heavy (non-hydrogen) atoms. The van der Waals surface area contributed by atoms with E-state index in [9.17, 15) is 28.8 Å². The molecule has 21 nitrogen and oxygen atoms in total. The Bertz CT molecular complexity index is 2730. The number of methoxy groups -OCH3 is 2. The molecule has 2 aliphatic rings. The Labute approximate surface area is 371 Å². The van der Waals surface area contributed by atoms with Gasteiger partial charge in [-0.2, -0.15) is 0 Å². The van der Waals surface area contributed by atoms with Gasteiger partial charge in [0, 0.05) is 28.6 Å². The number of hydrogen-bond acceptors (Lipinski definition) is 17. The van der Waals surface area contributed by atoms with Gasteiger partial charge in [-0.1, -0.05) is 28.6 Å². The summed E-state index contributed by atoms with van der Waals surface area (Å²) in [6, 6.07) is 14.0. The van der Waals surface area contributed by atoms with Crippen molar-refractivity contribution in [1.29, 1.82) is 0 Å². The van der Waals surface area contributed by atoms with Crippen LogP contribution in [0.2, 0.25) is 0 Å². The first-order valence-corrected chi connectivity index (χ1v) is 20.1. The molecule has 0 spiro atoms. The number of carbonyl (C=O) groups is 5. The van der Waals surface area contributed by atoms with Crippen molar-refractivity contribution in [2.45, 2.75) is 91.1 Å². The van der Waals surface area contributed by atoms with Gasteiger partial charge in [-0.25, -0.2) is 33.3 Å². The first-order chi connectivity index (χ1) is 30.8. The summed E-state index contributed by atoms with van der Waals surface area (Å²) in [5.41, 5.74) is 0.923. The third-order valence-electron chi connectivity index (χ3n) is 9.08. The maximum atomic E-state index is 13.8. The van der Waals surface area contributed by atoms with Crippen molar-refractivity contribution in [3.8, 4) is 28.2 Å². The van der Waals surface area contributed by atoms with Crippen LogP contribution in [0.15, 0.2) is 82.3 Å². The van der Waals surface area contributed by atoms with Gasteiger partial charge >= 0.3 is 30.1 Å². The summed E-state index contributed by atoms with van der Waals surface area (Å²) in [4.78, 5) is 76.0. The standard InChI is InChI=1S/C44H48N8O13/c1-43(2,3)64-41(57)45-33(39(55)59-7)21-51-19-25(47-49-51)23-61-28-14-16-32-36(18-28)63-35-17-27(53)13-15-31(35)37(32)29-11-9-10-12-30(29)38(54)62-24-26-20-52(50-48-26)22-34(40(56)60-8)46-42(58)65-44(4,5)6/h9-20,33-34H,21-24H2,1-8H3,(H,45,57)(H,46,58)/t33-,34-/m0/s1. The molecule has 4 aromatic rings. The minimum Gasteiger partial charge on any atom is -0.487 e. The van der Waals surface area contributed by atoms with Crippen LogP contribution < -0.4 is 20.8 Å². The van der Waals surface area contributed by atoms with Crippen LogP contribution in [-0.4, -0.2) is 97.6 Å². The predicted octanol–water partition coefficient (Wildman–Crippen LogP) is 4.82. The highest BCUT2D eigenvalue weighted by atomic mass is 16.6. The topological polar surface area (TPSA) is 256 Å². The molecule has 3 heterocycles. The number of nitrogens with zero attached hydrogens (tertiary/aromatic N) is 6. The molecule has 0 saturated heterocycles. The lowest BCUT2D eigenvalue weighted by Gasteiger charge is -2.22. The largest absolute Gasteiger partial charge is 0.487 e. The second-order valence-corrected chi connectivity index (χ2v) is 16.5. The Morgan fingerprint density at radius 1 is 0.708 bits per heavy atom. The maximum Gasteiger partial charge on any atom is 0.408 e. The van der Waals surface area contributed by atoms with Gasteiger partial charge in [0.15, 0.2) is 5.43 Å². The van der Waals surface area contributed by atoms with Crippen LogP contribution in [0.5, 0.6) is 5.75 Å². The number of alkyl carbamates (subject to hydrolysis) is 2. The highest BCUT2D eigenvalue weighted by molar-refractivity contribution is 6.08. The first-order valence-electron chi connectivity index (χ1n) is 20.1. The Morgan fingerprint density at radius 2 is 1.28 bits per heavy atom. The Hall–Kier alpha value is -7.84. The number of esters is 3. The number of carbonyl (C=O) groups excluding carboxylic acids is 5. The number of ether oxygens (including phenoxy) is 6. The van der Waals surface area contributed by atoms with E-state index in [2.05, 4.69) is 31.3 Å². The van der Waals surface area contributed by atoms with E-state index in [-0.39, 0.29) is 48.7 Å². The molecule has 0 fully saturated rings. The van der Waals surface area contributed by atoms with Crippen LogP contribution in [0.1, 0.15) is 63.3 Å². The van der Waals surface area contributed by atoms with Crippen molar-refractivity contribution in [3.63, 3.8) is 0 Å². The van der Waals surface area contributed by atoms with Crippen LogP contribution in [-0.2, 0) is 59.6 Å². The summed E-state index contributed by atoms with van der Waals surface area (Å²) in [5.74, 6) is -1.50. The highest BCUT2D eigenvalue weighted by Gasteiger charge is 2.28. The minimum absolute atomic E-state index is 0.0453. The second kappa shape index (κ2) is 19.7. The Kier molecular flexibility index (Phi) is 14.1. The average Bonchev–Trinajstić information content (AvgIpc) is 3.90. The molecule has 2 N–H and O–H groups in total. The van der Waals surface area contributed by atoms with Gasteiger partial charge in [0.2, 0.25) is 0 Å². The number of rotatable bonds is 15. The lowest BCUT2D eigenvalue weighted by molar-refractivity contribution is -0.144. The predicted molar refractivity (Wildman–Crippen MR) is 228 cm³/mol. The lowest BCUT2D eigenvalue weighted by Crippen LogP contribution is -2.46. The molecule has 0 radical (unpaired) electrons. The number of nitrogens with one attached hydrogen (secondary N) is 2. The molecule has 2 aromatic heterocycles. The fraction of sp³-hybridized carbons (Fsp3) is 0.364. The van der Waals surface area contributed by atoms with Crippen molar-refractivity contribution in [2.24, 2.45) is 0 Å². The molecule has 0 bridgehead atoms. The quantitative estimate of drug-likeness (QED) is 0.0796. The highest BCUT2D eigenvalue weighted by Crippen LogP contribution is 2.42. The summed E-state index contributed by atoms with van der Waals surface area (Å²) in [6.07, 6.45) is 1.38. The molecule has 6 rings (SSSR count). The second-order valence-electron chi connectivity index (χ2n) is 16.5. The molecule has 2 atom stereocenters. The molecule has 2 amide bonds. The van der Waals surface area contributed by atoms with Crippen LogP contribution in [0.4, 0.5) is 9.59 Å². The van der Waals surface area contributed by atoms with E-state index in [4.69, 9.17) is 32.8 Å². The fourth-order valence-electron chi connectivity index (χ4n) is 6.39. The van der Waals surface area contributed by atoms with E-state index >= 15 is 0 Å². The normalized spacial score (nSPS) is 12.5. The summed E-state index contributed by atoms with van der Waals surface area (Å²) in [6.45, 7) is 9.56. The van der Waals surface area contributed by atoms with Crippen LogP contribution in [0.3, 0.4) is 0 Å². The van der Waals surface area contributed by atoms with Gasteiger partial charge in [-0.15, -0.1) is 10.2 Å². The summed E-state index contributed by atoms with van der Waals surface area (Å²) >= 11 is 0. The molecular formula is C44H48N8O13. The van der Waals surface area contributed by atoms with Gasteiger partial charge in [-0.3, -0.25) is 4.79 Å². The summed E-state index contributed by atoms with van der Waals surface area (Å²) in [5, 5.41) is 21.8. The molecule has 1 aliphatic heterocycles. The van der Waals surface area contributed by atoms with Gasteiger partial charge in [0.05, 0.1) is 45.3 Å². The smallest absolute Gasteiger partial charge is 0.408 e. The molecule has 1 aliphatic carbocycles. The van der Waals surface area contributed by atoms with Gasteiger partial charge in [0.1, 0.15) is 65.0 Å². The van der Waals surface area contributed by atoms with Crippen LogP contribution in [0.25, 0.3) is 33.4 Å². The van der Waals surface area contributed by atoms with Crippen molar-refractivity contribution in [3.05, 3.63) is 100 Å². The van der Waals surface area contributed by atoms with Crippen LogP contribution >= 0.6 is 0 Å². The van der Waals surface area contributed by atoms with Crippen molar-refractivity contribution in [1.82, 2.24) is 40.6 Å². The summed E-state index contributed by atoms with van der Waals surface area (Å²) in [7, 11) is 2.38. The van der Waals surface area contributed by atoms with E-state index in [0.717, 1.165) is 0 Å². The molecule has 2 aromatic carbocycles. The number of hydrogen-bond donors (Lipinski definition) is 2. The Balaban J connectivity index is 1.19. The molecule has 342 valence electrons. The van der Waals surface area contributed by atoms with Gasteiger partial charge in [0.25, 0.3) is 0 Å². The molecular weight excluding hydrogens is 849 g/mol. The van der Waals surface area contributed by atoms with E-state index in [1.807, 2.05) is 0 Å². The zero-order chi connectivity index (χ0) is 47.1. The average molecular weight is 897 g/mol. The minimum atomic E-state index is -1.15. The monoisotopic (exact) mass is 896 g/mol. The summed E-state index contributed by atoms with van der Waals surface area (Å²) < 4.78 is 40.8. The molecule has 0 unspecified atom stereocenters. The van der Waals surface area contributed by atoms with Crippen molar-refractivity contribution < 1.29 is 56.8 Å². The maximum absolute atomic E-state index is 13.8. The number of fused-ring (bicyclic) bond motifs is 2. The molecule has 21 heteroatoms. The van der Waals surface area contributed by atoms with Crippen LogP contribution in [0, 0.1) is 0 Å². The van der Waals surface area contributed by atoms with E-state index in [1.54, 1.807) is 96.3 Å². The third-order valence-corrected chi connectivity index (χ3v) is 9.08. The van der Waals surface area contributed by atoms with Gasteiger partial charge < -0.3 is 43.5 Å². The lowest BCUT2D eigenvalue weighted by atomic mass is 9.91. The zero-order valence-corrected chi connectivity index (χ0v) is 36.9. The van der Waals surface area contributed by atoms with E-state index in [0.29, 0.717) is 39.1 Å². The van der Waals surface area contributed by atoms with Gasteiger partial charge in [-0.05, 0) is 77.4 Å². The van der Waals surface area contributed by atoms with Crippen molar-refractivity contribution >= 4 is 41.1 Å². The van der Waals surface area contributed by atoms with Crippen molar-refractivity contribution in [2.75, 3.05) is 14.2 Å². The number of amides is 2. The number of aromatic nitrogens is 6. The third kappa shape index (κ3) is 12.4. The molecule has 0 saturated carbocycles. The first kappa shape index (κ1) is 46.7.